The third kappa shape index (κ3) is 8.68. The third-order valence-electron chi connectivity index (χ3n) is 1.53. The predicted octanol–water partition coefficient (Wildman–Crippen LogP) is -0.129. The zero-order chi connectivity index (χ0) is 11.5. The van der Waals surface area contributed by atoms with Crippen LogP contribution in [0.5, 0.6) is 0 Å². The average Bonchev–Trinajstić information content (AvgIpc) is 1.98. The van der Waals surface area contributed by atoms with Crippen LogP contribution in [0, 0.1) is 6.04 Å². The maximum Gasteiger partial charge on any atom is 0.193 e. The monoisotopic (exact) mass is 493 g/mol. The minimum atomic E-state index is -3.71. The minimum Gasteiger partial charge on any atom is -0.571 e. The van der Waals surface area contributed by atoms with Crippen molar-refractivity contribution >= 4 is 21.8 Å². The first-order valence-electron chi connectivity index (χ1n) is 3.70. The fourth-order valence-electron chi connectivity index (χ4n) is 0.596. The zero-order valence-electron chi connectivity index (χ0n) is 9.42. The average molecular weight is 493 g/mol. The number of nitrogens with zero attached hydrogens (tertiary/aromatic N) is 2. The number of carbonyl (C=O) groups excluding carboxylic acids is 2. The summed E-state index contributed by atoms with van der Waals surface area (Å²) in [6, 6.07) is -0.0251. The van der Waals surface area contributed by atoms with Gasteiger partial charge in [-0.25, -0.2) is 14.5 Å². The molecule has 0 aliphatic carbocycles. The van der Waals surface area contributed by atoms with Crippen molar-refractivity contribution in [3.63, 3.8) is 0 Å². The summed E-state index contributed by atoms with van der Waals surface area (Å²) in [6.45, 7) is 2.59. The molecule has 0 unspecified atom stereocenters. The molecule has 0 aliphatic heterocycles. The second kappa shape index (κ2) is 8.62. The van der Waals surface area contributed by atoms with Gasteiger partial charge in [0, 0.05) is 67.0 Å². The number of rotatable bonds is 3. The quantitative estimate of drug-likeness (QED) is 0.514. The smallest absolute Gasteiger partial charge is 0.193 e. The number of hydrogen-bond acceptors (Lipinski definition) is 4. The van der Waals surface area contributed by atoms with E-state index in [9.17, 15) is 18.0 Å². The summed E-state index contributed by atoms with van der Waals surface area (Å²) in [4.78, 5) is 23.0. The van der Waals surface area contributed by atoms with Crippen molar-refractivity contribution in [3.8, 4) is 0 Å². The van der Waals surface area contributed by atoms with E-state index >= 15 is 0 Å². The van der Waals surface area contributed by atoms with E-state index in [1.165, 1.54) is 20.9 Å². The number of hydrogen-bond donors (Lipinski definition) is 0. The summed E-state index contributed by atoms with van der Waals surface area (Å²) in [7, 11) is -2.34. The van der Waals surface area contributed by atoms with Gasteiger partial charge in [-0.2, -0.15) is 6.92 Å². The molecule has 1 radical (unpaired) electrons. The fraction of sp³-hybridized carbons (Fsp3) is 0.571. The molecular weight excluding hydrogens is 481 g/mol. The molecule has 91 valence electrons. The fourth-order valence-corrected chi connectivity index (χ4v) is 1.03. The van der Waals surface area contributed by atoms with Crippen LogP contribution in [0.2, 0.25) is 0 Å². The predicted molar refractivity (Wildman–Crippen MR) is 50.6 cm³/mol. The van der Waals surface area contributed by atoms with Crippen LogP contribution in [-0.4, -0.2) is 38.4 Å². The number of sulfonamides is 1. The first-order valence-corrected chi connectivity index (χ1v) is 5.55. The molecule has 0 saturated heterocycles. The van der Waals surface area contributed by atoms with E-state index in [1.54, 1.807) is 0 Å². The van der Waals surface area contributed by atoms with Crippen molar-refractivity contribution in [1.82, 2.24) is 4.90 Å². The van der Waals surface area contributed by atoms with E-state index < -0.39 is 15.9 Å². The summed E-state index contributed by atoms with van der Waals surface area (Å²) < 4.78 is 24.2. The van der Waals surface area contributed by atoms with E-state index in [-0.39, 0.29) is 65.7 Å². The van der Waals surface area contributed by atoms with E-state index in [4.69, 9.17) is 0 Å². The van der Waals surface area contributed by atoms with Gasteiger partial charge < -0.3 is 14.4 Å². The van der Waals surface area contributed by atoms with Crippen molar-refractivity contribution in [3.05, 3.63) is 10.8 Å². The summed E-state index contributed by atoms with van der Waals surface area (Å²) in [5.74, 6) is -1.29. The molecule has 0 aromatic rings. The van der Waals surface area contributed by atoms with Crippen LogP contribution in [0.1, 0.15) is 13.8 Å². The van der Waals surface area contributed by atoms with Gasteiger partial charge in [0.05, 0.1) is 10.0 Å². The molecule has 0 saturated carbocycles. The Morgan fingerprint density at radius 1 is 1.31 bits per heavy atom. The zero-order valence-corrected chi connectivity index (χ0v) is 16.0. The van der Waals surface area contributed by atoms with E-state index in [0.717, 1.165) is 11.2 Å². The Bertz CT molecular complexity index is 346. The Morgan fingerprint density at radius 3 is 1.94 bits per heavy atom. The Morgan fingerprint density at radius 2 is 1.69 bits per heavy atom. The molecule has 0 aromatic heterocycles. The molecule has 0 atom stereocenters. The largest absolute Gasteiger partial charge is 0.571 e. The van der Waals surface area contributed by atoms with Gasteiger partial charge in [-0.3, -0.25) is 4.79 Å². The molecule has 0 rings (SSSR count). The van der Waals surface area contributed by atoms with Gasteiger partial charge >= 0.3 is 0 Å². The maximum absolute atomic E-state index is 11.1. The van der Waals surface area contributed by atoms with Crippen LogP contribution in [0.3, 0.4) is 0 Å². The van der Waals surface area contributed by atoms with Crippen molar-refractivity contribution in [2.45, 2.75) is 13.8 Å². The second-order valence-electron chi connectivity index (χ2n) is 2.79. The Hall–Kier alpha value is 0.552. The topological polar surface area (TPSA) is 85.6 Å². The van der Waals surface area contributed by atoms with Crippen LogP contribution in [0.25, 0.3) is 4.72 Å². The van der Waals surface area contributed by atoms with Crippen molar-refractivity contribution < 1.29 is 71.8 Å². The SMILES string of the molecule is CC(=O)N(C)[C-](C)C(=O)[N-]S(C)(=O)=O.[W].[Y]. The van der Waals surface area contributed by atoms with Crippen molar-refractivity contribution in [2.24, 2.45) is 0 Å². The molecule has 0 heterocycles. The van der Waals surface area contributed by atoms with Crippen molar-refractivity contribution in [1.29, 1.82) is 0 Å². The molecule has 0 spiro atoms. The van der Waals surface area contributed by atoms with E-state index in [0.29, 0.717) is 0 Å². The molecule has 6 nitrogen and oxygen atoms in total. The van der Waals surface area contributed by atoms with Crippen molar-refractivity contribution in [2.75, 3.05) is 13.3 Å². The third-order valence-corrected chi connectivity index (χ3v) is 2.03. The van der Waals surface area contributed by atoms with Crippen LogP contribution in [0.4, 0.5) is 0 Å². The molecule has 16 heavy (non-hydrogen) atoms. The molecular formula is C7H12N2O4SWY-2. The van der Waals surface area contributed by atoms with Crippen LogP contribution >= 0.6 is 0 Å². The number of amides is 2. The summed E-state index contributed by atoms with van der Waals surface area (Å²) in [5, 5.41) is 0. The van der Waals surface area contributed by atoms with Gasteiger partial charge in [0.15, 0.2) is 5.91 Å². The van der Waals surface area contributed by atoms with E-state index in [2.05, 4.69) is 4.72 Å². The Kier molecular flexibility index (Phi) is 11.7. The summed E-state index contributed by atoms with van der Waals surface area (Å²) in [6.07, 6.45) is 0.811. The minimum absolute atomic E-state index is 0. The van der Waals surface area contributed by atoms with E-state index in [1.807, 2.05) is 0 Å². The van der Waals surface area contributed by atoms with Crippen LogP contribution in [-0.2, 0) is 73.4 Å². The summed E-state index contributed by atoms with van der Waals surface area (Å²) >= 11 is 0. The summed E-state index contributed by atoms with van der Waals surface area (Å²) in [5.41, 5.74) is 0. The first kappa shape index (κ1) is 21.8. The van der Waals surface area contributed by atoms with Gasteiger partial charge in [0.25, 0.3) is 0 Å². The molecule has 9 heteroatoms. The molecule has 0 fully saturated rings. The first-order chi connectivity index (χ1) is 6.15. The Labute approximate surface area is 135 Å². The van der Waals surface area contributed by atoms with Gasteiger partial charge in [0.1, 0.15) is 0 Å². The second-order valence-corrected chi connectivity index (χ2v) is 4.44. The standard InChI is InChI=1S/C7H13N2O4S.W.Y/c1-5(9(3)6(2)10)7(11)8-14(4,12)13;;/h1-4H3,(H,8,11);;/q-1;;/p-1. The molecule has 0 aliphatic rings. The van der Waals surface area contributed by atoms with Crippen LogP contribution < -0.4 is 0 Å². The van der Waals surface area contributed by atoms with Crippen LogP contribution in [0.15, 0.2) is 0 Å². The van der Waals surface area contributed by atoms with Gasteiger partial charge in [-0.05, 0) is 7.05 Å². The normalized spacial score (nSPS) is 9.25. The number of likely N-dealkylation sites (N-methyl/N-ethyl adjacent to an activating group) is 1. The van der Waals surface area contributed by atoms with Gasteiger partial charge in [0.2, 0.25) is 0 Å². The number of carbonyl (C=O) groups is 2. The molecule has 0 bridgehead atoms. The molecule has 2 amide bonds. The van der Waals surface area contributed by atoms with Gasteiger partial charge in [-0.15, -0.1) is 0 Å². The maximum atomic E-state index is 11.1. The Balaban J connectivity index is -0.000000845. The molecule has 0 N–H and O–H groups in total. The molecule has 0 aromatic carbocycles. The van der Waals surface area contributed by atoms with Gasteiger partial charge in [-0.1, -0.05) is 5.91 Å².